The van der Waals surface area contributed by atoms with Crippen molar-refractivity contribution in [2.75, 3.05) is 14.2 Å². The number of esters is 1. The summed E-state index contributed by atoms with van der Waals surface area (Å²) in [6.07, 6.45) is -2.01. The van der Waals surface area contributed by atoms with Crippen LogP contribution in [-0.2, 0) is 35.9 Å². The van der Waals surface area contributed by atoms with Gasteiger partial charge < -0.3 is 24.3 Å². The summed E-state index contributed by atoms with van der Waals surface area (Å²) in [6.45, 7) is 6.89. The van der Waals surface area contributed by atoms with Crippen LogP contribution in [0.3, 0.4) is 0 Å². The largest absolute Gasteiger partial charge is 0.497 e. The lowest BCUT2D eigenvalue weighted by Crippen LogP contribution is -2.52. The third kappa shape index (κ3) is 8.60. The van der Waals surface area contributed by atoms with Crippen LogP contribution in [0.5, 0.6) is 5.75 Å². The molecule has 2 aromatic carbocycles. The molecule has 35 heavy (non-hydrogen) atoms. The Balaban J connectivity index is 2.18. The number of amides is 2. The van der Waals surface area contributed by atoms with Gasteiger partial charge in [0.2, 0.25) is 5.91 Å². The topological polar surface area (TPSA) is 112 Å². The summed E-state index contributed by atoms with van der Waals surface area (Å²) in [7, 11) is 2.77. The first-order valence-corrected chi connectivity index (χ1v) is 11.2. The molecule has 2 N–H and O–H groups in total. The van der Waals surface area contributed by atoms with E-state index in [-0.39, 0.29) is 13.0 Å². The molecule has 0 aliphatic carbocycles. The molecule has 2 atom stereocenters. The van der Waals surface area contributed by atoms with Gasteiger partial charge in [-0.1, -0.05) is 42.5 Å². The van der Waals surface area contributed by atoms with E-state index in [9.17, 15) is 14.4 Å². The first-order valence-electron chi connectivity index (χ1n) is 11.2. The number of carbonyl (C=O) groups excluding carboxylic acids is 3. The number of rotatable bonds is 10. The van der Waals surface area contributed by atoms with Gasteiger partial charge in [-0.25, -0.2) is 9.59 Å². The molecule has 2 rings (SSSR count). The van der Waals surface area contributed by atoms with E-state index in [0.29, 0.717) is 11.3 Å². The second-order valence-electron chi connectivity index (χ2n) is 9.03. The van der Waals surface area contributed by atoms with E-state index in [4.69, 9.17) is 18.9 Å². The maximum absolute atomic E-state index is 13.0. The highest BCUT2D eigenvalue weighted by atomic mass is 16.6. The molecule has 9 heteroatoms. The number of alkyl carbamates (subject to hydrolysis) is 1. The Bertz CT molecular complexity index is 987. The van der Waals surface area contributed by atoms with Gasteiger partial charge in [0.15, 0.2) is 5.54 Å². The van der Waals surface area contributed by atoms with Crippen molar-refractivity contribution in [3.05, 3.63) is 65.7 Å². The fourth-order valence-corrected chi connectivity index (χ4v) is 3.23. The molecule has 0 saturated carbocycles. The average Bonchev–Trinajstić information content (AvgIpc) is 2.81. The minimum Gasteiger partial charge on any atom is -0.497 e. The highest BCUT2D eigenvalue weighted by Gasteiger charge is 2.38. The van der Waals surface area contributed by atoms with Crippen molar-refractivity contribution in [2.45, 2.75) is 58.1 Å². The molecule has 0 saturated heterocycles. The molecule has 0 spiro atoms. The third-order valence-corrected chi connectivity index (χ3v) is 4.99. The Morgan fingerprint density at radius 3 is 2.09 bits per heavy atom. The highest BCUT2D eigenvalue weighted by Crippen LogP contribution is 2.25. The molecular weight excluding hydrogens is 452 g/mol. The first kappa shape index (κ1) is 27.7. The van der Waals surface area contributed by atoms with Crippen molar-refractivity contribution < 1.29 is 33.3 Å². The normalized spacial score (nSPS) is 13.7. The fourth-order valence-electron chi connectivity index (χ4n) is 3.23. The monoisotopic (exact) mass is 486 g/mol. The second-order valence-corrected chi connectivity index (χ2v) is 9.03. The predicted molar refractivity (Wildman–Crippen MR) is 130 cm³/mol. The summed E-state index contributed by atoms with van der Waals surface area (Å²) in [5.41, 5.74) is -0.843. The molecule has 2 aromatic rings. The molecule has 0 unspecified atom stereocenters. The smallest absolute Gasteiger partial charge is 0.409 e. The van der Waals surface area contributed by atoms with Gasteiger partial charge >= 0.3 is 12.1 Å². The molecule has 9 nitrogen and oxygen atoms in total. The van der Waals surface area contributed by atoms with Crippen LogP contribution in [0.4, 0.5) is 4.79 Å². The number of methoxy groups -OCH3 is 2. The van der Waals surface area contributed by atoms with Crippen LogP contribution < -0.4 is 15.4 Å². The Hall–Kier alpha value is -3.59. The van der Waals surface area contributed by atoms with E-state index >= 15 is 0 Å². The maximum Gasteiger partial charge on any atom is 0.409 e. The van der Waals surface area contributed by atoms with Crippen LogP contribution in [0.2, 0.25) is 0 Å². The molecule has 2 amide bonds. The Morgan fingerprint density at radius 2 is 1.54 bits per heavy atom. The lowest BCUT2D eigenvalue weighted by molar-refractivity contribution is -0.151. The summed E-state index contributed by atoms with van der Waals surface area (Å²) < 4.78 is 21.2. The summed E-state index contributed by atoms with van der Waals surface area (Å²) in [5.74, 6) is -0.594. The lowest BCUT2D eigenvalue weighted by Gasteiger charge is -2.30. The third-order valence-electron chi connectivity index (χ3n) is 4.99. The molecule has 0 aromatic heterocycles. The van der Waals surface area contributed by atoms with Crippen molar-refractivity contribution in [2.24, 2.45) is 0 Å². The number of nitrogens with one attached hydrogen (secondary N) is 2. The zero-order valence-electron chi connectivity index (χ0n) is 21.0. The second kappa shape index (κ2) is 12.2. The molecule has 0 aliphatic heterocycles. The van der Waals surface area contributed by atoms with E-state index in [1.165, 1.54) is 14.2 Å². The average molecular weight is 487 g/mol. The van der Waals surface area contributed by atoms with Crippen LogP contribution in [0, 0.1) is 0 Å². The standard InChI is InChI=1S/C26H34N2O7/c1-25(2,3)35-24(31)27-22(34-17-18-10-8-7-9-11-18)16-21(29)28-26(4,23(30)33-6)19-12-14-20(32-5)15-13-19/h7-15,22H,16-17H2,1-6H3,(H,27,31)(H,28,29)/t22-,26-/m0/s1. The van der Waals surface area contributed by atoms with Gasteiger partial charge in [0.05, 0.1) is 27.2 Å². The van der Waals surface area contributed by atoms with Gasteiger partial charge in [-0.3, -0.25) is 10.1 Å². The van der Waals surface area contributed by atoms with Crippen LogP contribution in [0.25, 0.3) is 0 Å². The summed E-state index contributed by atoms with van der Waals surface area (Å²) in [6, 6.07) is 16.0. The molecule has 0 fully saturated rings. The zero-order valence-corrected chi connectivity index (χ0v) is 21.0. The summed E-state index contributed by atoms with van der Waals surface area (Å²) in [5, 5.41) is 5.30. The number of hydrogen-bond acceptors (Lipinski definition) is 7. The molecule has 0 aliphatic rings. The molecular formula is C26H34N2O7. The first-order chi connectivity index (χ1) is 16.5. The van der Waals surface area contributed by atoms with E-state index in [1.807, 2.05) is 30.3 Å². The van der Waals surface area contributed by atoms with Gasteiger partial charge in [-0.15, -0.1) is 0 Å². The maximum atomic E-state index is 13.0. The van der Waals surface area contributed by atoms with Gasteiger partial charge in [-0.2, -0.15) is 0 Å². The zero-order chi connectivity index (χ0) is 26.1. The van der Waals surface area contributed by atoms with Gasteiger partial charge in [0, 0.05) is 0 Å². The van der Waals surface area contributed by atoms with Crippen LogP contribution >= 0.6 is 0 Å². The summed E-state index contributed by atoms with van der Waals surface area (Å²) >= 11 is 0. The van der Waals surface area contributed by atoms with Gasteiger partial charge in [0.25, 0.3) is 0 Å². The van der Waals surface area contributed by atoms with E-state index in [0.717, 1.165) is 5.56 Å². The molecule has 190 valence electrons. The Kier molecular flexibility index (Phi) is 9.65. The fraction of sp³-hybridized carbons (Fsp3) is 0.423. The van der Waals surface area contributed by atoms with Crippen molar-refractivity contribution in [3.63, 3.8) is 0 Å². The van der Waals surface area contributed by atoms with E-state index in [1.54, 1.807) is 52.0 Å². The molecule has 0 bridgehead atoms. The van der Waals surface area contributed by atoms with Crippen molar-refractivity contribution >= 4 is 18.0 Å². The number of benzene rings is 2. The van der Waals surface area contributed by atoms with E-state index < -0.39 is 35.3 Å². The van der Waals surface area contributed by atoms with Crippen molar-refractivity contribution in [1.82, 2.24) is 10.6 Å². The minimum atomic E-state index is -1.48. The quantitative estimate of drug-likeness (QED) is 0.389. The van der Waals surface area contributed by atoms with Crippen LogP contribution in [0.1, 0.15) is 45.2 Å². The summed E-state index contributed by atoms with van der Waals surface area (Å²) in [4.78, 5) is 38.1. The number of ether oxygens (including phenoxy) is 4. The minimum absolute atomic E-state index is 0.154. The predicted octanol–water partition coefficient (Wildman–Crippen LogP) is 3.66. The lowest BCUT2D eigenvalue weighted by atomic mass is 9.91. The van der Waals surface area contributed by atoms with E-state index in [2.05, 4.69) is 10.6 Å². The van der Waals surface area contributed by atoms with Gasteiger partial charge in [0.1, 0.15) is 17.6 Å². The highest BCUT2D eigenvalue weighted by molar-refractivity contribution is 5.89. The van der Waals surface area contributed by atoms with Crippen molar-refractivity contribution in [3.8, 4) is 5.75 Å². The van der Waals surface area contributed by atoms with Crippen LogP contribution in [0.15, 0.2) is 54.6 Å². The number of hydrogen-bond donors (Lipinski definition) is 2. The molecule has 0 heterocycles. The number of carbonyl (C=O) groups is 3. The molecule has 0 radical (unpaired) electrons. The Morgan fingerprint density at radius 1 is 0.914 bits per heavy atom. The SMILES string of the molecule is COC(=O)[C@@](C)(NC(=O)C[C@@H](NC(=O)OC(C)(C)C)OCc1ccccc1)c1ccc(OC)cc1. The Labute approximate surface area is 206 Å². The van der Waals surface area contributed by atoms with Crippen molar-refractivity contribution in [1.29, 1.82) is 0 Å². The van der Waals surface area contributed by atoms with Crippen LogP contribution in [-0.4, -0.2) is 44.0 Å². The van der Waals surface area contributed by atoms with Gasteiger partial charge in [-0.05, 0) is 51.0 Å².